The molecule has 1 saturated heterocycles. The number of hydrogen-bond acceptors (Lipinski definition) is 3. The number of carboxylic acid groups (broad SMARTS) is 1. The molecule has 0 radical (unpaired) electrons. The van der Waals surface area contributed by atoms with Crippen LogP contribution in [0.15, 0.2) is 30.5 Å². The third kappa shape index (κ3) is 1.89. The Labute approximate surface area is 103 Å². The van der Waals surface area contributed by atoms with Crippen LogP contribution >= 0.6 is 0 Å². The standard InChI is InChI=1S/C13H12N2O3/c16-13(17)4-2-9-1-3-10-8-14-15(11(10)7-9)12-5-6-18-12/h1-4,7-8,12H,5-6H2,(H,16,17)/b4-2+. The van der Waals surface area contributed by atoms with Crippen LogP contribution in [0.5, 0.6) is 0 Å². The van der Waals surface area contributed by atoms with E-state index in [4.69, 9.17) is 9.84 Å². The molecule has 2 heterocycles. The van der Waals surface area contributed by atoms with Gasteiger partial charge in [0.2, 0.25) is 0 Å². The average molecular weight is 244 g/mol. The van der Waals surface area contributed by atoms with Gasteiger partial charge in [0, 0.05) is 17.9 Å². The molecule has 1 aliphatic rings. The van der Waals surface area contributed by atoms with E-state index in [0.29, 0.717) is 0 Å². The van der Waals surface area contributed by atoms with Gasteiger partial charge in [-0.2, -0.15) is 5.10 Å². The van der Waals surface area contributed by atoms with Crippen LogP contribution in [0.1, 0.15) is 18.2 Å². The molecule has 0 amide bonds. The number of carboxylic acids is 1. The van der Waals surface area contributed by atoms with Gasteiger partial charge in [-0.25, -0.2) is 9.48 Å². The zero-order chi connectivity index (χ0) is 12.5. The first-order valence-corrected chi connectivity index (χ1v) is 5.74. The van der Waals surface area contributed by atoms with Crippen LogP contribution in [-0.2, 0) is 9.53 Å². The summed E-state index contributed by atoms with van der Waals surface area (Å²) in [6.45, 7) is 0.768. The molecule has 1 aliphatic heterocycles. The Morgan fingerprint density at radius 2 is 2.39 bits per heavy atom. The molecule has 5 nitrogen and oxygen atoms in total. The van der Waals surface area contributed by atoms with Crippen LogP contribution in [0.2, 0.25) is 0 Å². The van der Waals surface area contributed by atoms with E-state index < -0.39 is 5.97 Å². The van der Waals surface area contributed by atoms with E-state index in [1.807, 2.05) is 22.9 Å². The highest BCUT2D eigenvalue weighted by Gasteiger charge is 2.22. The van der Waals surface area contributed by atoms with Crippen molar-refractivity contribution in [3.8, 4) is 0 Å². The molecule has 1 aromatic carbocycles. The summed E-state index contributed by atoms with van der Waals surface area (Å²) in [5.74, 6) is -0.953. The molecular formula is C13H12N2O3. The minimum Gasteiger partial charge on any atom is -0.478 e. The fraction of sp³-hybridized carbons (Fsp3) is 0.231. The van der Waals surface area contributed by atoms with Crippen molar-refractivity contribution in [2.75, 3.05) is 6.61 Å². The lowest BCUT2D eigenvalue weighted by atomic mass is 10.1. The molecule has 0 spiro atoms. The SMILES string of the molecule is O=C(O)/C=C/c1ccc2cnn(C3CCO3)c2c1. The van der Waals surface area contributed by atoms with Crippen LogP contribution in [0.3, 0.4) is 0 Å². The highest BCUT2D eigenvalue weighted by molar-refractivity contribution is 5.87. The first kappa shape index (κ1) is 11.0. The van der Waals surface area contributed by atoms with Gasteiger partial charge in [0.05, 0.1) is 18.3 Å². The fourth-order valence-electron chi connectivity index (χ4n) is 1.97. The van der Waals surface area contributed by atoms with Crippen molar-refractivity contribution in [2.45, 2.75) is 12.6 Å². The number of rotatable bonds is 3. The predicted octanol–water partition coefficient (Wildman–Crippen LogP) is 2.05. The lowest BCUT2D eigenvalue weighted by Crippen LogP contribution is -2.25. The van der Waals surface area contributed by atoms with E-state index in [9.17, 15) is 4.79 Å². The van der Waals surface area contributed by atoms with Gasteiger partial charge in [0.25, 0.3) is 0 Å². The van der Waals surface area contributed by atoms with E-state index in [1.165, 1.54) is 0 Å². The Kier molecular flexibility index (Phi) is 2.60. The van der Waals surface area contributed by atoms with Gasteiger partial charge < -0.3 is 9.84 Å². The number of ether oxygens (including phenoxy) is 1. The van der Waals surface area contributed by atoms with Crippen molar-refractivity contribution in [2.24, 2.45) is 0 Å². The number of aromatic nitrogens is 2. The fourth-order valence-corrected chi connectivity index (χ4v) is 1.97. The summed E-state index contributed by atoms with van der Waals surface area (Å²) in [6, 6.07) is 5.72. The van der Waals surface area contributed by atoms with Crippen LogP contribution in [0.4, 0.5) is 0 Å². The second-order valence-corrected chi connectivity index (χ2v) is 4.19. The summed E-state index contributed by atoms with van der Waals surface area (Å²) >= 11 is 0. The van der Waals surface area contributed by atoms with Crippen molar-refractivity contribution >= 4 is 22.9 Å². The molecule has 0 saturated carbocycles. The molecule has 1 N–H and O–H groups in total. The van der Waals surface area contributed by atoms with Crippen molar-refractivity contribution in [1.82, 2.24) is 9.78 Å². The highest BCUT2D eigenvalue weighted by Crippen LogP contribution is 2.27. The molecule has 1 fully saturated rings. The molecule has 1 atom stereocenters. The van der Waals surface area contributed by atoms with Crippen molar-refractivity contribution in [3.63, 3.8) is 0 Å². The van der Waals surface area contributed by atoms with Crippen molar-refractivity contribution in [1.29, 1.82) is 0 Å². The zero-order valence-corrected chi connectivity index (χ0v) is 9.61. The molecule has 5 heteroatoms. The Hall–Kier alpha value is -2.14. The smallest absolute Gasteiger partial charge is 0.328 e. The number of aliphatic carboxylic acids is 1. The van der Waals surface area contributed by atoms with Gasteiger partial charge in [0.1, 0.15) is 0 Å². The number of benzene rings is 1. The maximum atomic E-state index is 10.5. The Balaban J connectivity index is 2.01. The average Bonchev–Trinajstić information content (AvgIpc) is 2.68. The summed E-state index contributed by atoms with van der Waals surface area (Å²) in [5, 5.41) is 13.9. The lowest BCUT2D eigenvalue weighted by molar-refractivity contribution is -0.131. The van der Waals surface area contributed by atoms with E-state index in [0.717, 1.165) is 35.6 Å². The molecule has 92 valence electrons. The third-order valence-corrected chi connectivity index (χ3v) is 2.99. The first-order valence-electron chi connectivity index (χ1n) is 5.74. The largest absolute Gasteiger partial charge is 0.478 e. The molecule has 0 bridgehead atoms. The van der Waals surface area contributed by atoms with E-state index in [-0.39, 0.29) is 6.23 Å². The molecule has 3 rings (SSSR count). The molecule has 18 heavy (non-hydrogen) atoms. The Morgan fingerprint density at radius 3 is 3.06 bits per heavy atom. The Bertz CT molecular complexity index is 626. The van der Waals surface area contributed by atoms with E-state index in [1.54, 1.807) is 12.3 Å². The van der Waals surface area contributed by atoms with Crippen LogP contribution in [-0.4, -0.2) is 27.5 Å². The molecule has 1 aromatic heterocycles. The van der Waals surface area contributed by atoms with Gasteiger partial charge >= 0.3 is 5.97 Å². The molecule has 2 aromatic rings. The molecule has 0 aliphatic carbocycles. The van der Waals surface area contributed by atoms with Crippen molar-refractivity contribution < 1.29 is 14.6 Å². The maximum absolute atomic E-state index is 10.5. The van der Waals surface area contributed by atoms with Gasteiger partial charge in [-0.05, 0) is 17.7 Å². The van der Waals surface area contributed by atoms with E-state index >= 15 is 0 Å². The van der Waals surface area contributed by atoms with Gasteiger partial charge in [-0.3, -0.25) is 0 Å². The quantitative estimate of drug-likeness (QED) is 0.839. The monoisotopic (exact) mass is 244 g/mol. The summed E-state index contributed by atoms with van der Waals surface area (Å²) in [7, 11) is 0. The summed E-state index contributed by atoms with van der Waals surface area (Å²) in [5.41, 5.74) is 1.80. The topological polar surface area (TPSA) is 64.3 Å². The van der Waals surface area contributed by atoms with Gasteiger partial charge in [-0.1, -0.05) is 12.1 Å². The maximum Gasteiger partial charge on any atom is 0.328 e. The van der Waals surface area contributed by atoms with Gasteiger partial charge in [-0.15, -0.1) is 0 Å². The predicted molar refractivity (Wildman–Crippen MR) is 66.0 cm³/mol. The minimum atomic E-state index is -0.953. The minimum absolute atomic E-state index is 0.0150. The molecular weight excluding hydrogens is 232 g/mol. The second-order valence-electron chi connectivity index (χ2n) is 4.19. The van der Waals surface area contributed by atoms with Gasteiger partial charge in [0.15, 0.2) is 6.23 Å². The normalized spacial score (nSPS) is 19.2. The molecule has 1 unspecified atom stereocenters. The number of fused-ring (bicyclic) bond motifs is 1. The third-order valence-electron chi connectivity index (χ3n) is 2.99. The lowest BCUT2D eigenvalue weighted by Gasteiger charge is -2.27. The summed E-state index contributed by atoms with van der Waals surface area (Å²) < 4.78 is 7.25. The summed E-state index contributed by atoms with van der Waals surface area (Å²) in [6.07, 6.45) is 5.47. The second kappa shape index (κ2) is 4.27. The van der Waals surface area contributed by atoms with Crippen LogP contribution < -0.4 is 0 Å². The number of hydrogen-bond donors (Lipinski definition) is 1. The first-order chi connectivity index (χ1) is 8.74. The zero-order valence-electron chi connectivity index (χ0n) is 9.61. The number of carbonyl (C=O) groups is 1. The van der Waals surface area contributed by atoms with Crippen LogP contribution in [0, 0.1) is 0 Å². The van der Waals surface area contributed by atoms with Crippen molar-refractivity contribution in [3.05, 3.63) is 36.0 Å². The highest BCUT2D eigenvalue weighted by atomic mass is 16.5. The van der Waals surface area contributed by atoms with E-state index in [2.05, 4.69) is 5.10 Å². The Morgan fingerprint density at radius 1 is 1.56 bits per heavy atom. The van der Waals surface area contributed by atoms with Crippen LogP contribution in [0.25, 0.3) is 17.0 Å². The summed E-state index contributed by atoms with van der Waals surface area (Å²) in [4.78, 5) is 10.5. The number of nitrogens with zero attached hydrogens (tertiary/aromatic N) is 2.